The Morgan fingerprint density at radius 1 is 1.92 bits per heavy atom. The van der Waals surface area contributed by atoms with Gasteiger partial charge < -0.3 is 4.79 Å². The van der Waals surface area contributed by atoms with Crippen LogP contribution in [0.5, 0.6) is 0 Å². The van der Waals surface area contributed by atoms with Crippen LogP contribution in [-0.4, -0.2) is 21.3 Å². The molecule has 1 unspecified atom stereocenters. The fourth-order valence-electron chi connectivity index (χ4n) is 0.737. The maximum absolute atomic E-state index is 10.3. The number of carbonyl (C=O) groups excluding carboxylic acids is 1. The van der Waals surface area contributed by atoms with Crippen LogP contribution in [0.3, 0.4) is 0 Å². The van der Waals surface area contributed by atoms with Gasteiger partial charge in [0.05, 0.1) is 12.7 Å². The molecule has 0 amide bonds. The van der Waals surface area contributed by atoms with Gasteiger partial charge in [-0.25, -0.2) is 0 Å². The van der Waals surface area contributed by atoms with Crippen molar-refractivity contribution in [1.82, 2.24) is 15.0 Å². The zero-order chi connectivity index (χ0) is 8.97. The first-order chi connectivity index (χ1) is 5.76. The molecule has 0 spiro atoms. The lowest BCUT2D eigenvalue weighted by atomic mass is 10.2. The van der Waals surface area contributed by atoms with Crippen molar-refractivity contribution in [3.63, 3.8) is 0 Å². The molecular weight excluding hydrogens is 156 g/mol. The third-order valence-electron chi connectivity index (χ3n) is 1.33. The van der Waals surface area contributed by atoms with Crippen LogP contribution in [0, 0.1) is 17.2 Å². The molecule has 0 saturated carbocycles. The lowest BCUT2D eigenvalue weighted by molar-refractivity contribution is -0.111. The average molecular weight is 164 g/mol. The summed E-state index contributed by atoms with van der Waals surface area (Å²) in [7, 11) is 0. The van der Waals surface area contributed by atoms with Gasteiger partial charge in [0.2, 0.25) is 0 Å². The third-order valence-corrected chi connectivity index (χ3v) is 1.33. The molecule has 1 atom stereocenters. The molecule has 0 radical (unpaired) electrons. The predicted molar refractivity (Wildman–Crippen MR) is 40.0 cm³/mol. The summed E-state index contributed by atoms with van der Waals surface area (Å²) in [5.74, 6) is -0.121. The van der Waals surface area contributed by atoms with E-state index in [4.69, 9.17) is 5.26 Å². The summed E-state index contributed by atoms with van der Waals surface area (Å²) in [6, 6.07) is 1.86. The van der Waals surface area contributed by atoms with Crippen LogP contribution in [0.4, 0.5) is 0 Å². The van der Waals surface area contributed by atoms with Crippen molar-refractivity contribution in [1.29, 1.82) is 5.26 Å². The normalized spacial score (nSPS) is 12.0. The van der Waals surface area contributed by atoms with Crippen molar-refractivity contribution < 1.29 is 4.79 Å². The van der Waals surface area contributed by atoms with Crippen molar-refractivity contribution in [3.8, 4) is 6.07 Å². The van der Waals surface area contributed by atoms with Gasteiger partial charge in [-0.15, -0.1) is 5.10 Å². The third kappa shape index (κ3) is 1.89. The number of nitrogens with zero attached hydrogens (tertiary/aromatic N) is 4. The summed E-state index contributed by atoms with van der Waals surface area (Å²) < 4.78 is 0. The Balaban J connectivity index is 2.65. The maximum atomic E-state index is 10.3. The molecule has 5 heteroatoms. The molecule has 0 fully saturated rings. The molecule has 1 rings (SSSR count). The number of hydrogen-bond donors (Lipinski definition) is 0. The molecule has 0 aliphatic rings. The minimum atomic E-state index is -0.121. The minimum absolute atomic E-state index is 0.121. The highest BCUT2D eigenvalue weighted by Crippen LogP contribution is 1.94. The second-order valence-corrected chi connectivity index (χ2v) is 2.51. The minimum Gasteiger partial charge on any atom is -0.303 e. The summed E-state index contributed by atoms with van der Waals surface area (Å²) in [5.41, 5.74) is 0.271. The van der Waals surface area contributed by atoms with E-state index in [1.807, 2.05) is 6.07 Å². The summed E-state index contributed by atoms with van der Waals surface area (Å²) in [4.78, 5) is 11.6. The van der Waals surface area contributed by atoms with Gasteiger partial charge in [0.25, 0.3) is 0 Å². The SMILES string of the molecule is CC(C=O)Cn1ncc(C#N)n1. The van der Waals surface area contributed by atoms with Crippen molar-refractivity contribution in [3.05, 3.63) is 11.9 Å². The van der Waals surface area contributed by atoms with E-state index in [2.05, 4.69) is 10.2 Å². The van der Waals surface area contributed by atoms with Crippen molar-refractivity contribution in [2.24, 2.45) is 5.92 Å². The Morgan fingerprint density at radius 2 is 2.67 bits per heavy atom. The standard InChI is InChI=1S/C7H8N4O/c1-6(5-12)4-11-9-3-7(2-8)10-11/h3,5-6H,4H2,1H3. The highest BCUT2D eigenvalue weighted by atomic mass is 16.1. The van der Waals surface area contributed by atoms with Gasteiger partial charge in [-0.2, -0.15) is 15.2 Å². The molecule has 0 aliphatic heterocycles. The number of aromatic nitrogens is 3. The zero-order valence-corrected chi connectivity index (χ0v) is 6.64. The molecule has 0 aromatic carbocycles. The summed E-state index contributed by atoms with van der Waals surface area (Å²) in [6.45, 7) is 2.19. The lowest BCUT2D eigenvalue weighted by Gasteiger charge is -1.99. The summed E-state index contributed by atoms with van der Waals surface area (Å²) in [6.07, 6.45) is 2.20. The predicted octanol–water partition coefficient (Wildman–Crippen LogP) is -0.0152. The Bertz CT molecular complexity index is 311. The first-order valence-electron chi connectivity index (χ1n) is 3.51. The first kappa shape index (κ1) is 8.40. The Hall–Kier alpha value is -1.70. The van der Waals surface area contributed by atoms with Crippen molar-refractivity contribution in [2.45, 2.75) is 13.5 Å². The molecule has 1 heterocycles. The van der Waals surface area contributed by atoms with E-state index in [9.17, 15) is 4.79 Å². The van der Waals surface area contributed by atoms with Crippen LogP contribution in [0.2, 0.25) is 0 Å². The van der Waals surface area contributed by atoms with Gasteiger partial charge in [0, 0.05) is 5.92 Å². The van der Waals surface area contributed by atoms with E-state index in [-0.39, 0.29) is 11.6 Å². The van der Waals surface area contributed by atoms with Crippen LogP contribution in [0.15, 0.2) is 6.20 Å². The number of nitriles is 1. The number of carbonyl (C=O) groups is 1. The lowest BCUT2D eigenvalue weighted by Crippen LogP contribution is -2.11. The van der Waals surface area contributed by atoms with E-state index in [1.165, 1.54) is 11.0 Å². The highest BCUT2D eigenvalue weighted by Gasteiger charge is 2.03. The fourth-order valence-corrected chi connectivity index (χ4v) is 0.737. The van der Waals surface area contributed by atoms with Gasteiger partial charge in [-0.3, -0.25) is 0 Å². The Morgan fingerprint density at radius 3 is 3.17 bits per heavy atom. The van der Waals surface area contributed by atoms with Crippen LogP contribution < -0.4 is 0 Å². The van der Waals surface area contributed by atoms with E-state index in [0.29, 0.717) is 6.54 Å². The van der Waals surface area contributed by atoms with Gasteiger partial charge in [-0.05, 0) is 0 Å². The quantitative estimate of drug-likeness (QED) is 0.589. The molecule has 0 bridgehead atoms. The zero-order valence-electron chi connectivity index (χ0n) is 6.64. The van der Waals surface area contributed by atoms with Crippen LogP contribution >= 0.6 is 0 Å². The molecule has 12 heavy (non-hydrogen) atoms. The first-order valence-corrected chi connectivity index (χ1v) is 3.51. The topological polar surface area (TPSA) is 71.6 Å². The van der Waals surface area contributed by atoms with Crippen LogP contribution in [0.25, 0.3) is 0 Å². The van der Waals surface area contributed by atoms with Crippen molar-refractivity contribution >= 4 is 6.29 Å². The van der Waals surface area contributed by atoms with E-state index in [1.54, 1.807) is 6.92 Å². The number of aldehydes is 1. The Labute approximate surface area is 69.6 Å². The second kappa shape index (κ2) is 3.62. The monoisotopic (exact) mass is 164 g/mol. The largest absolute Gasteiger partial charge is 0.303 e. The fraction of sp³-hybridized carbons (Fsp3) is 0.429. The molecular formula is C7H8N4O. The molecule has 1 aromatic heterocycles. The van der Waals surface area contributed by atoms with Gasteiger partial charge >= 0.3 is 0 Å². The van der Waals surface area contributed by atoms with Gasteiger partial charge in [0.15, 0.2) is 5.69 Å². The summed E-state index contributed by atoms with van der Waals surface area (Å²) in [5, 5.41) is 16.0. The van der Waals surface area contributed by atoms with Crippen LogP contribution in [-0.2, 0) is 11.3 Å². The maximum Gasteiger partial charge on any atom is 0.182 e. The smallest absolute Gasteiger partial charge is 0.182 e. The van der Waals surface area contributed by atoms with Crippen LogP contribution in [0.1, 0.15) is 12.6 Å². The second-order valence-electron chi connectivity index (χ2n) is 2.51. The highest BCUT2D eigenvalue weighted by molar-refractivity contribution is 5.52. The summed E-state index contributed by atoms with van der Waals surface area (Å²) >= 11 is 0. The molecule has 0 aliphatic carbocycles. The van der Waals surface area contributed by atoms with Gasteiger partial charge in [0.1, 0.15) is 12.4 Å². The molecule has 5 nitrogen and oxygen atoms in total. The van der Waals surface area contributed by atoms with Crippen molar-refractivity contribution in [2.75, 3.05) is 0 Å². The Kier molecular flexibility index (Phi) is 2.53. The molecule has 0 N–H and O–H groups in total. The van der Waals surface area contributed by atoms with E-state index < -0.39 is 0 Å². The molecule has 0 saturated heterocycles. The molecule has 62 valence electrons. The average Bonchev–Trinajstić information content (AvgIpc) is 2.52. The molecule has 1 aromatic rings. The van der Waals surface area contributed by atoms with Gasteiger partial charge in [-0.1, -0.05) is 6.92 Å². The number of hydrogen-bond acceptors (Lipinski definition) is 4. The van der Waals surface area contributed by atoms with E-state index in [0.717, 1.165) is 6.29 Å². The number of rotatable bonds is 3. The van der Waals surface area contributed by atoms with E-state index >= 15 is 0 Å².